The Balaban J connectivity index is 1.67. The van der Waals surface area contributed by atoms with Gasteiger partial charge >= 0.3 is 5.97 Å². The van der Waals surface area contributed by atoms with Crippen LogP contribution in [0.1, 0.15) is 82.2 Å². The molecule has 0 radical (unpaired) electrons. The van der Waals surface area contributed by atoms with Gasteiger partial charge in [-0.2, -0.15) is 0 Å². The molecule has 0 aromatic heterocycles. The molecule has 3 aromatic rings. The molecule has 3 unspecified atom stereocenters. The molecule has 0 saturated heterocycles. The van der Waals surface area contributed by atoms with Crippen LogP contribution in [0.5, 0.6) is 0 Å². The maximum atomic E-state index is 14.4. The van der Waals surface area contributed by atoms with E-state index in [1.807, 2.05) is 64.3 Å². The summed E-state index contributed by atoms with van der Waals surface area (Å²) in [5, 5.41) is 12.2. The van der Waals surface area contributed by atoms with Crippen LogP contribution < -0.4 is 0 Å². The van der Waals surface area contributed by atoms with Gasteiger partial charge in [0.1, 0.15) is 11.5 Å². The molecule has 2 aliphatic rings. The van der Waals surface area contributed by atoms with E-state index in [4.69, 9.17) is 9.47 Å². The SMILES string of the molecule is COC1CC2CCC1(CN(Cc1ccccc1)[C@H](c1ccc(C)cc1)[C@H](C(=O)OC(C)(C)C)[C@H](O)Cc1ccccc1)C2(C)C. The molecule has 0 amide bonds. The van der Waals surface area contributed by atoms with Crippen molar-refractivity contribution in [1.82, 2.24) is 4.90 Å². The van der Waals surface area contributed by atoms with Crippen LogP contribution in [0.25, 0.3) is 0 Å². The number of esters is 1. The van der Waals surface area contributed by atoms with E-state index >= 15 is 0 Å². The topological polar surface area (TPSA) is 59.0 Å². The van der Waals surface area contributed by atoms with Crippen LogP contribution >= 0.6 is 0 Å². The van der Waals surface area contributed by atoms with E-state index in [1.165, 1.54) is 12.0 Å². The molecule has 0 heterocycles. The summed E-state index contributed by atoms with van der Waals surface area (Å²) in [4.78, 5) is 16.9. The van der Waals surface area contributed by atoms with Crippen LogP contribution in [0.4, 0.5) is 0 Å². The predicted octanol–water partition coefficient (Wildman–Crippen LogP) is 7.94. The first-order valence-corrected chi connectivity index (χ1v) is 16.7. The normalized spacial score (nSPS) is 24.4. The van der Waals surface area contributed by atoms with Crippen LogP contribution in [0, 0.1) is 29.6 Å². The fourth-order valence-corrected chi connectivity index (χ4v) is 8.39. The molecular weight excluding hydrogens is 558 g/mol. The van der Waals surface area contributed by atoms with Gasteiger partial charge in [-0.3, -0.25) is 9.69 Å². The van der Waals surface area contributed by atoms with Gasteiger partial charge in [0.05, 0.1) is 18.2 Å². The summed E-state index contributed by atoms with van der Waals surface area (Å²) in [5.41, 5.74) is 3.61. The van der Waals surface area contributed by atoms with Crippen molar-refractivity contribution in [1.29, 1.82) is 0 Å². The molecule has 2 aliphatic carbocycles. The summed E-state index contributed by atoms with van der Waals surface area (Å²) in [6.07, 6.45) is 2.86. The van der Waals surface area contributed by atoms with Gasteiger partial charge < -0.3 is 14.6 Å². The summed E-state index contributed by atoms with van der Waals surface area (Å²) in [6.45, 7) is 14.0. The molecule has 0 spiro atoms. The number of hydrogen-bond donors (Lipinski definition) is 1. The highest BCUT2D eigenvalue weighted by Gasteiger charge is 2.65. The van der Waals surface area contributed by atoms with E-state index in [1.54, 1.807) is 0 Å². The Morgan fingerprint density at radius 3 is 2.11 bits per heavy atom. The van der Waals surface area contributed by atoms with Gasteiger partial charge in [-0.15, -0.1) is 0 Å². The number of fused-ring (bicyclic) bond motifs is 2. The zero-order chi connectivity index (χ0) is 32.4. The minimum Gasteiger partial charge on any atom is -0.460 e. The second kappa shape index (κ2) is 13.4. The number of hydrogen-bond acceptors (Lipinski definition) is 5. The first kappa shape index (κ1) is 33.4. The van der Waals surface area contributed by atoms with E-state index in [0.29, 0.717) is 18.9 Å². The van der Waals surface area contributed by atoms with Gasteiger partial charge in [0.15, 0.2) is 0 Å². The Morgan fingerprint density at radius 1 is 0.956 bits per heavy atom. The minimum absolute atomic E-state index is 0.0739. The Hall–Kier alpha value is -2.99. The number of rotatable bonds is 12. The Labute approximate surface area is 271 Å². The number of aryl methyl sites for hydroxylation is 1. The maximum Gasteiger partial charge on any atom is 0.314 e. The lowest BCUT2D eigenvalue weighted by Gasteiger charge is -2.48. The number of carbonyl (C=O) groups excluding carboxylic acids is 1. The van der Waals surface area contributed by atoms with Crippen molar-refractivity contribution in [3.05, 3.63) is 107 Å². The zero-order valence-corrected chi connectivity index (χ0v) is 28.3. The van der Waals surface area contributed by atoms with Crippen LogP contribution in [-0.2, 0) is 27.2 Å². The predicted molar refractivity (Wildman–Crippen MR) is 181 cm³/mol. The van der Waals surface area contributed by atoms with Gasteiger partial charge in [0.25, 0.3) is 0 Å². The number of benzene rings is 3. The largest absolute Gasteiger partial charge is 0.460 e. The Morgan fingerprint density at radius 2 is 1.56 bits per heavy atom. The van der Waals surface area contributed by atoms with Crippen molar-refractivity contribution >= 4 is 5.97 Å². The molecular formula is C40H53NO4. The van der Waals surface area contributed by atoms with E-state index in [0.717, 1.165) is 36.1 Å². The van der Waals surface area contributed by atoms with Crippen molar-refractivity contribution in [2.45, 2.75) is 97.6 Å². The van der Waals surface area contributed by atoms with E-state index in [-0.39, 0.29) is 22.9 Å². The highest BCUT2D eigenvalue weighted by Crippen LogP contribution is 2.67. The number of aliphatic hydroxyl groups excluding tert-OH is 1. The van der Waals surface area contributed by atoms with Gasteiger partial charge in [0, 0.05) is 25.6 Å². The highest BCUT2D eigenvalue weighted by molar-refractivity contribution is 5.75. The molecule has 45 heavy (non-hydrogen) atoms. The lowest BCUT2D eigenvalue weighted by atomic mass is 9.67. The molecule has 242 valence electrons. The third kappa shape index (κ3) is 7.06. The van der Waals surface area contributed by atoms with Gasteiger partial charge in [-0.05, 0) is 81.4 Å². The smallest absolute Gasteiger partial charge is 0.314 e. The molecule has 5 nitrogen and oxygen atoms in total. The number of aliphatic hydroxyl groups is 1. The van der Waals surface area contributed by atoms with E-state index in [2.05, 4.69) is 74.2 Å². The number of nitrogens with zero attached hydrogens (tertiary/aromatic N) is 1. The third-order valence-corrected chi connectivity index (χ3v) is 10.9. The average Bonchev–Trinajstić information content (AvgIpc) is 3.36. The lowest BCUT2D eigenvalue weighted by molar-refractivity contribution is -0.169. The van der Waals surface area contributed by atoms with E-state index in [9.17, 15) is 9.90 Å². The van der Waals surface area contributed by atoms with Crippen molar-refractivity contribution in [2.24, 2.45) is 22.7 Å². The summed E-state index contributed by atoms with van der Waals surface area (Å²) in [5.74, 6) is -0.593. The molecule has 3 aromatic carbocycles. The Kier molecular flexibility index (Phi) is 9.93. The Bertz CT molecular complexity index is 1400. The van der Waals surface area contributed by atoms with Gasteiger partial charge in [-0.1, -0.05) is 104 Å². The second-order valence-electron chi connectivity index (χ2n) is 15.1. The third-order valence-electron chi connectivity index (χ3n) is 10.9. The minimum atomic E-state index is -0.963. The first-order chi connectivity index (χ1) is 21.3. The number of methoxy groups -OCH3 is 1. The first-order valence-electron chi connectivity index (χ1n) is 16.7. The standard InChI is InChI=1S/C40H53NO4/c1-28-18-20-31(21-19-28)36(35(37(43)45-38(2,3)4)33(42)24-29-14-10-8-11-15-29)41(26-30-16-12-9-13-17-30)27-40-23-22-32(39(40,5)6)25-34(40)44-7/h8-21,32-36,42H,22-27H2,1-7H3/t32?,33-,34?,35-,36-,40?/m1/s1. The van der Waals surface area contributed by atoms with Crippen LogP contribution in [0.15, 0.2) is 84.9 Å². The molecule has 1 N–H and O–H groups in total. The summed E-state index contributed by atoms with van der Waals surface area (Å²) in [6, 6.07) is 28.5. The average molecular weight is 612 g/mol. The van der Waals surface area contributed by atoms with Gasteiger partial charge in [0.2, 0.25) is 0 Å². The molecule has 2 fully saturated rings. The molecule has 2 saturated carbocycles. The molecule has 6 atom stereocenters. The second-order valence-corrected chi connectivity index (χ2v) is 15.1. The van der Waals surface area contributed by atoms with Crippen molar-refractivity contribution in [2.75, 3.05) is 13.7 Å². The monoisotopic (exact) mass is 611 g/mol. The number of carbonyl (C=O) groups is 1. The highest BCUT2D eigenvalue weighted by atomic mass is 16.6. The summed E-state index contributed by atoms with van der Waals surface area (Å²) < 4.78 is 12.4. The lowest BCUT2D eigenvalue weighted by Crippen LogP contribution is -2.52. The molecule has 5 rings (SSSR count). The van der Waals surface area contributed by atoms with Crippen LogP contribution in [-0.4, -0.2) is 47.4 Å². The number of ether oxygens (including phenoxy) is 2. The van der Waals surface area contributed by atoms with Crippen molar-refractivity contribution in [3.63, 3.8) is 0 Å². The van der Waals surface area contributed by atoms with Crippen molar-refractivity contribution in [3.8, 4) is 0 Å². The molecule has 2 bridgehead atoms. The van der Waals surface area contributed by atoms with E-state index < -0.39 is 23.7 Å². The maximum absolute atomic E-state index is 14.4. The molecule has 5 heteroatoms. The fourth-order valence-electron chi connectivity index (χ4n) is 8.39. The summed E-state index contributed by atoms with van der Waals surface area (Å²) in [7, 11) is 1.86. The summed E-state index contributed by atoms with van der Waals surface area (Å²) >= 11 is 0. The molecule has 0 aliphatic heterocycles. The van der Waals surface area contributed by atoms with Crippen LogP contribution in [0.2, 0.25) is 0 Å². The van der Waals surface area contributed by atoms with Crippen LogP contribution in [0.3, 0.4) is 0 Å². The van der Waals surface area contributed by atoms with Gasteiger partial charge in [-0.25, -0.2) is 0 Å². The quantitative estimate of drug-likeness (QED) is 0.211. The van der Waals surface area contributed by atoms with Crippen molar-refractivity contribution < 1.29 is 19.4 Å². The zero-order valence-electron chi connectivity index (χ0n) is 28.3. The fraction of sp³-hybridized carbons (Fsp3) is 0.525.